The molecule has 11 heteroatoms. The predicted octanol–water partition coefficient (Wildman–Crippen LogP) is 7.06. The Bertz CT molecular complexity index is 2570. The quantitative estimate of drug-likeness (QED) is 0.162. The number of pyridine rings is 1. The Labute approximate surface area is 310 Å². The third-order valence-electron chi connectivity index (χ3n) is 8.63. The van der Waals surface area contributed by atoms with Gasteiger partial charge in [-0.05, 0) is 42.0 Å². The second-order valence-corrected chi connectivity index (χ2v) is 12.0. The van der Waals surface area contributed by atoms with Crippen LogP contribution in [0.25, 0.3) is 44.5 Å². The smallest absolute Gasteiger partial charge is 0.259 e. The van der Waals surface area contributed by atoms with E-state index in [9.17, 15) is 19.2 Å². The van der Waals surface area contributed by atoms with Gasteiger partial charge in [-0.25, -0.2) is 0 Å². The third kappa shape index (κ3) is 7.70. The van der Waals surface area contributed by atoms with Gasteiger partial charge in [0.05, 0.1) is 36.4 Å². The van der Waals surface area contributed by atoms with Crippen LogP contribution in [-0.4, -0.2) is 44.3 Å². The first-order valence-electron chi connectivity index (χ1n) is 16.9. The monoisotopic (exact) mass is 723 g/mol. The number of carbonyl (C=O) groups is 2. The van der Waals surface area contributed by atoms with Crippen LogP contribution in [-0.2, 0) is 11.8 Å². The van der Waals surface area contributed by atoms with E-state index in [1.54, 1.807) is 49.5 Å². The van der Waals surface area contributed by atoms with Crippen molar-refractivity contribution in [1.29, 1.82) is 0 Å². The van der Waals surface area contributed by atoms with Crippen LogP contribution in [0.4, 0.5) is 5.69 Å². The van der Waals surface area contributed by atoms with Crippen LogP contribution in [0.15, 0.2) is 141 Å². The van der Waals surface area contributed by atoms with Gasteiger partial charge in [-0.3, -0.25) is 19.2 Å². The Balaban J connectivity index is 0.000000185. The second kappa shape index (κ2) is 16.5. The highest BCUT2D eigenvalue weighted by Gasteiger charge is 2.20. The van der Waals surface area contributed by atoms with Gasteiger partial charge in [0.2, 0.25) is 0 Å². The molecule has 7 rings (SSSR count). The molecular formula is C43H37N3O8. The molecule has 54 heavy (non-hydrogen) atoms. The number of fused-ring (bicyclic) bond motifs is 2. The molecule has 0 aliphatic heterocycles. The second-order valence-electron chi connectivity index (χ2n) is 12.0. The number of nitrogens with zero attached hydrogens (tertiary/aromatic N) is 1. The zero-order valence-corrected chi connectivity index (χ0v) is 30.0. The van der Waals surface area contributed by atoms with Crippen LogP contribution in [0.1, 0.15) is 10.4 Å². The highest BCUT2D eigenvalue weighted by molar-refractivity contribution is 6.09. The Kier molecular flexibility index (Phi) is 11.2. The van der Waals surface area contributed by atoms with Crippen molar-refractivity contribution in [2.75, 3.05) is 33.2 Å². The lowest BCUT2D eigenvalue weighted by molar-refractivity contribution is -0.122. The zero-order valence-electron chi connectivity index (χ0n) is 30.0. The van der Waals surface area contributed by atoms with Crippen molar-refractivity contribution in [1.82, 2.24) is 9.88 Å². The molecule has 0 saturated heterocycles. The van der Waals surface area contributed by atoms with E-state index >= 15 is 0 Å². The first-order valence-corrected chi connectivity index (χ1v) is 16.9. The number of nitrogens with one attached hydrogen (secondary N) is 2. The Morgan fingerprint density at radius 1 is 0.704 bits per heavy atom. The fourth-order valence-electron chi connectivity index (χ4n) is 5.96. The molecule has 0 unspecified atom stereocenters. The summed E-state index contributed by atoms with van der Waals surface area (Å²) in [6, 6.07) is 37.6. The predicted molar refractivity (Wildman–Crippen MR) is 210 cm³/mol. The molecule has 2 N–H and O–H groups in total. The van der Waals surface area contributed by atoms with E-state index < -0.39 is 0 Å². The number of hydrogen-bond acceptors (Lipinski definition) is 8. The van der Waals surface area contributed by atoms with E-state index in [0.29, 0.717) is 39.2 Å². The van der Waals surface area contributed by atoms with Gasteiger partial charge in [-0.2, -0.15) is 0 Å². The van der Waals surface area contributed by atoms with Crippen LogP contribution in [0.5, 0.6) is 17.2 Å². The van der Waals surface area contributed by atoms with E-state index in [0.717, 1.165) is 16.8 Å². The van der Waals surface area contributed by atoms with Gasteiger partial charge in [-0.1, -0.05) is 78.9 Å². The molecule has 0 fully saturated rings. The Hall–Kier alpha value is -7.14. The molecule has 0 saturated carbocycles. The third-order valence-corrected chi connectivity index (χ3v) is 8.63. The molecule has 2 amide bonds. The maximum atomic E-state index is 12.8. The number of amides is 2. The van der Waals surface area contributed by atoms with Gasteiger partial charge in [0.1, 0.15) is 5.76 Å². The lowest BCUT2D eigenvalue weighted by atomic mass is 10.1. The largest absolute Gasteiger partial charge is 0.492 e. The van der Waals surface area contributed by atoms with Gasteiger partial charge in [-0.15, -0.1) is 0 Å². The molecule has 0 radical (unpaired) electrons. The average Bonchev–Trinajstić information content (AvgIpc) is 3.21. The van der Waals surface area contributed by atoms with Crippen LogP contribution < -0.4 is 35.7 Å². The zero-order chi connectivity index (χ0) is 38.2. The number of aryl methyl sites for hydroxylation is 1. The van der Waals surface area contributed by atoms with Crippen molar-refractivity contribution in [2.24, 2.45) is 7.05 Å². The minimum atomic E-state index is -0.349. The summed E-state index contributed by atoms with van der Waals surface area (Å²) in [6.07, 6.45) is 0. The van der Waals surface area contributed by atoms with Crippen molar-refractivity contribution in [3.05, 3.63) is 153 Å². The molecule has 2 heterocycles. The van der Waals surface area contributed by atoms with E-state index in [4.69, 9.17) is 18.6 Å². The number of benzene rings is 5. The molecular weight excluding hydrogens is 686 g/mol. The summed E-state index contributed by atoms with van der Waals surface area (Å²) >= 11 is 0. The maximum Gasteiger partial charge on any atom is 0.259 e. The van der Waals surface area contributed by atoms with Crippen molar-refractivity contribution < 1.29 is 28.2 Å². The average molecular weight is 724 g/mol. The van der Waals surface area contributed by atoms with E-state index in [1.807, 2.05) is 90.5 Å². The number of ether oxygens (including phenoxy) is 3. The Morgan fingerprint density at radius 2 is 1.30 bits per heavy atom. The molecule has 272 valence electrons. The number of carbonyl (C=O) groups excluding carboxylic acids is 2. The van der Waals surface area contributed by atoms with Crippen molar-refractivity contribution in [2.45, 2.75) is 0 Å². The van der Waals surface area contributed by atoms with Crippen LogP contribution in [0.3, 0.4) is 0 Å². The van der Waals surface area contributed by atoms with Gasteiger partial charge < -0.3 is 33.8 Å². The standard InChI is InChI=1S/C23H17NO4.C20H20N2O4/c1-27-21-18(23(26)24-16-10-6-3-7-11-16)13-12-17-19(25)14-20(28-22(17)21)15-8-4-2-5-9-15;1-21-18(24)12-26-17-10-9-14-16(23)11-15(13-7-5-4-6-8-13)22(2)19(14)20(17)25-3/h2-14H,1H3,(H,24,26);4-11H,12H2,1-3H3,(H,21,24). The van der Waals surface area contributed by atoms with Gasteiger partial charge in [0.15, 0.2) is 40.3 Å². The van der Waals surface area contributed by atoms with E-state index in [1.165, 1.54) is 20.3 Å². The number of methoxy groups -OCH3 is 2. The molecule has 0 aliphatic rings. The summed E-state index contributed by atoms with van der Waals surface area (Å²) < 4.78 is 24.5. The van der Waals surface area contributed by atoms with Crippen molar-refractivity contribution in [3.63, 3.8) is 0 Å². The van der Waals surface area contributed by atoms with Crippen molar-refractivity contribution >= 4 is 39.4 Å². The highest BCUT2D eigenvalue weighted by Crippen LogP contribution is 2.36. The summed E-state index contributed by atoms with van der Waals surface area (Å²) in [4.78, 5) is 49.5. The SMILES string of the molecule is CNC(=O)COc1ccc2c(=O)cc(-c3ccccc3)n(C)c2c1OC.COc1c(C(=O)Nc2ccccc2)ccc2c(=O)cc(-c3ccccc3)oc12. The molecule has 0 bridgehead atoms. The molecule has 11 nitrogen and oxygen atoms in total. The lowest BCUT2D eigenvalue weighted by Crippen LogP contribution is -2.25. The topological polar surface area (TPSA) is 138 Å². The van der Waals surface area contributed by atoms with Crippen LogP contribution in [0.2, 0.25) is 0 Å². The van der Waals surface area contributed by atoms with Gasteiger partial charge in [0.25, 0.3) is 11.8 Å². The number of aromatic nitrogens is 1. The fourth-order valence-corrected chi connectivity index (χ4v) is 5.96. The highest BCUT2D eigenvalue weighted by atomic mass is 16.5. The van der Waals surface area contributed by atoms with E-state index in [-0.39, 0.29) is 46.2 Å². The van der Waals surface area contributed by atoms with E-state index in [2.05, 4.69) is 10.6 Å². The normalized spacial score (nSPS) is 10.6. The van der Waals surface area contributed by atoms with Crippen LogP contribution >= 0.6 is 0 Å². The number of anilines is 1. The number of likely N-dealkylation sites (N-methyl/N-ethyl adjacent to an activating group) is 1. The summed E-state index contributed by atoms with van der Waals surface area (Å²) in [7, 11) is 6.37. The minimum absolute atomic E-state index is 0.104. The maximum absolute atomic E-state index is 12.8. The lowest BCUT2D eigenvalue weighted by Gasteiger charge is -2.17. The Morgan fingerprint density at radius 3 is 1.93 bits per heavy atom. The minimum Gasteiger partial charge on any atom is -0.492 e. The number of hydrogen-bond donors (Lipinski definition) is 2. The fraction of sp³-hybridized carbons (Fsp3) is 0.116. The molecule has 7 aromatic rings. The molecule has 2 aromatic heterocycles. The summed E-state index contributed by atoms with van der Waals surface area (Å²) in [6.45, 7) is -0.134. The first-order chi connectivity index (χ1) is 26.2. The van der Waals surface area contributed by atoms with Gasteiger partial charge in [0, 0.05) is 42.9 Å². The van der Waals surface area contributed by atoms with Crippen LogP contribution in [0, 0.1) is 0 Å². The molecule has 5 aromatic carbocycles. The van der Waals surface area contributed by atoms with Gasteiger partial charge >= 0.3 is 0 Å². The number of para-hydroxylation sites is 1. The number of rotatable bonds is 9. The molecule has 0 aliphatic carbocycles. The van der Waals surface area contributed by atoms with Crippen molar-refractivity contribution in [3.8, 4) is 39.8 Å². The summed E-state index contributed by atoms with van der Waals surface area (Å²) in [5, 5.41) is 6.20. The first kappa shape index (κ1) is 36.6. The molecule has 0 spiro atoms. The molecule has 0 atom stereocenters. The summed E-state index contributed by atoms with van der Waals surface area (Å²) in [5.41, 5.74) is 3.96. The summed E-state index contributed by atoms with van der Waals surface area (Å²) in [5.74, 6) is 0.863.